The number of hydrogen-bond donors (Lipinski definition) is 2. The summed E-state index contributed by atoms with van der Waals surface area (Å²) in [5, 5.41) is 3.17. The zero-order valence-corrected chi connectivity index (χ0v) is 19.8. The van der Waals surface area contributed by atoms with E-state index < -0.39 is 16.1 Å². The van der Waals surface area contributed by atoms with Crippen molar-refractivity contribution in [2.45, 2.75) is 24.4 Å². The Bertz CT molecular complexity index is 1250. The molecule has 4 rings (SSSR count). The molecule has 1 aliphatic rings. The van der Waals surface area contributed by atoms with E-state index in [1.54, 1.807) is 49.2 Å². The molecule has 3 aromatic rings. The van der Waals surface area contributed by atoms with Gasteiger partial charge in [0.05, 0.1) is 4.90 Å². The number of hydrogen-bond acceptors (Lipinski definition) is 6. The van der Waals surface area contributed by atoms with Crippen LogP contribution in [0.25, 0.3) is 0 Å². The van der Waals surface area contributed by atoms with Gasteiger partial charge in [0.15, 0.2) is 11.5 Å². The first kappa shape index (κ1) is 23.4. The molecule has 8 nitrogen and oxygen atoms in total. The van der Waals surface area contributed by atoms with Crippen LogP contribution in [0.1, 0.15) is 12.5 Å². The van der Waals surface area contributed by atoms with Crippen molar-refractivity contribution in [1.82, 2.24) is 4.90 Å². The molecule has 0 bridgehead atoms. The molecule has 0 aromatic heterocycles. The molecule has 1 heterocycles. The van der Waals surface area contributed by atoms with Crippen LogP contribution in [0, 0.1) is 0 Å². The lowest BCUT2D eigenvalue weighted by Crippen LogP contribution is -2.38. The molecule has 0 radical (unpaired) electrons. The number of nitrogens with zero attached hydrogens (tertiary/aromatic N) is 1. The van der Waals surface area contributed by atoms with Crippen LogP contribution in [0.3, 0.4) is 0 Å². The summed E-state index contributed by atoms with van der Waals surface area (Å²) >= 11 is 0. The van der Waals surface area contributed by atoms with Gasteiger partial charge in [0.25, 0.3) is 10.0 Å². The topological polar surface area (TPSA) is 97.0 Å². The molecule has 1 atom stereocenters. The quantitative estimate of drug-likeness (QED) is 0.509. The van der Waals surface area contributed by atoms with E-state index in [9.17, 15) is 13.2 Å². The molecule has 0 saturated carbocycles. The predicted octanol–water partition coefficient (Wildman–Crippen LogP) is 3.72. The number of nitrogens with one attached hydrogen (secondary N) is 2. The maximum Gasteiger partial charge on any atom is 0.262 e. The maximum atomic E-state index is 12.8. The summed E-state index contributed by atoms with van der Waals surface area (Å²) in [6.45, 7) is 3.13. The molecule has 1 aliphatic heterocycles. The van der Waals surface area contributed by atoms with Crippen LogP contribution in [0.4, 0.5) is 11.4 Å². The van der Waals surface area contributed by atoms with Crippen molar-refractivity contribution >= 4 is 27.3 Å². The van der Waals surface area contributed by atoms with Gasteiger partial charge in [-0.05, 0) is 48.9 Å². The van der Waals surface area contributed by atoms with Gasteiger partial charge in [-0.2, -0.15) is 0 Å². The Balaban J connectivity index is 1.36. The van der Waals surface area contributed by atoms with E-state index in [0.29, 0.717) is 42.6 Å². The molecular weight excluding hydrogens is 454 g/mol. The van der Waals surface area contributed by atoms with Gasteiger partial charge in [-0.3, -0.25) is 9.52 Å². The van der Waals surface area contributed by atoms with E-state index in [4.69, 9.17) is 9.47 Å². The third kappa shape index (κ3) is 5.60. The highest BCUT2D eigenvalue weighted by atomic mass is 32.2. The molecule has 1 amide bonds. The van der Waals surface area contributed by atoms with E-state index in [-0.39, 0.29) is 10.8 Å². The van der Waals surface area contributed by atoms with Crippen LogP contribution >= 0.6 is 0 Å². The molecule has 2 N–H and O–H groups in total. The normalized spacial score (nSPS) is 13.6. The van der Waals surface area contributed by atoms with Gasteiger partial charge < -0.3 is 19.7 Å². The second-order valence-electron chi connectivity index (χ2n) is 8.03. The number of ether oxygens (including phenoxy) is 2. The van der Waals surface area contributed by atoms with Crippen molar-refractivity contribution in [2.75, 3.05) is 30.3 Å². The lowest BCUT2D eigenvalue weighted by Gasteiger charge is -2.23. The molecule has 9 heteroatoms. The van der Waals surface area contributed by atoms with Crippen LogP contribution in [-0.2, 0) is 21.4 Å². The van der Waals surface area contributed by atoms with E-state index in [2.05, 4.69) is 10.0 Å². The Morgan fingerprint density at radius 1 is 0.941 bits per heavy atom. The standard InChI is InChI=1S/C25H27N3O5S/c1-18(25(29)28(2)17-19-6-4-3-5-7-19)26-20-8-10-21(11-9-20)27-34(30,31)22-12-13-23-24(16-22)33-15-14-32-23/h3-13,16,18,26-27H,14-15,17H2,1-2H3. The zero-order valence-electron chi connectivity index (χ0n) is 19.0. The first-order chi connectivity index (χ1) is 16.3. The van der Waals surface area contributed by atoms with Crippen LogP contribution in [-0.4, -0.2) is 45.5 Å². The Morgan fingerprint density at radius 3 is 2.29 bits per heavy atom. The first-order valence-corrected chi connectivity index (χ1v) is 12.4. The number of amides is 1. The number of carbonyl (C=O) groups excluding carboxylic acids is 1. The molecule has 0 saturated heterocycles. The van der Waals surface area contributed by atoms with Crippen molar-refractivity contribution in [2.24, 2.45) is 0 Å². The highest BCUT2D eigenvalue weighted by Gasteiger charge is 2.20. The molecule has 0 fully saturated rings. The number of fused-ring (bicyclic) bond motifs is 1. The number of anilines is 2. The second kappa shape index (κ2) is 10.0. The van der Waals surface area contributed by atoms with E-state index >= 15 is 0 Å². The van der Waals surface area contributed by atoms with Gasteiger partial charge in [-0.1, -0.05) is 30.3 Å². The minimum Gasteiger partial charge on any atom is -0.486 e. The molecular formula is C25H27N3O5S. The zero-order chi connectivity index (χ0) is 24.1. The summed E-state index contributed by atoms with van der Waals surface area (Å²) in [6, 6.07) is 20.6. The Hall–Kier alpha value is -3.72. The number of carbonyl (C=O) groups is 1. The minimum absolute atomic E-state index is 0.0489. The lowest BCUT2D eigenvalue weighted by molar-refractivity contribution is -0.130. The minimum atomic E-state index is -3.80. The van der Waals surface area contributed by atoms with Crippen molar-refractivity contribution < 1.29 is 22.7 Å². The SMILES string of the molecule is CC(Nc1ccc(NS(=O)(=O)c2ccc3c(c2)OCCO3)cc1)C(=O)N(C)Cc1ccccc1. The molecule has 178 valence electrons. The van der Waals surface area contributed by atoms with Gasteiger partial charge in [0, 0.05) is 31.0 Å². The highest BCUT2D eigenvalue weighted by Crippen LogP contribution is 2.32. The third-order valence-corrected chi connectivity index (χ3v) is 6.73. The monoisotopic (exact) mass is 481 g/mol. The molecule has 1 unspecified atom stereocenters. The summed E-state index contributed by atoms with van der Waals surface area (Å²) < 4.78 is 39.1. The fourth-order valence-corrected chi connectivity index (χ4v) is 4.69. The smallest absolute Gasteiger partial charge is 0.262 e. The van der Waals surface area contributed by atoms with Crippen molar-refractivity contribution in [3.63, 3.8) is 0 Å². The predicted molar refractivity (Wildman–Crippen MR) is 131 cm³/mol. The average Bonchev–Trinajstić information content (AvgIpc) is 2.85. The summed E-state index contributed by atoms with van der Waals surface area (Å²) in [5.41, 5.74) is 2.16. The van der Waals surface area contributed by atoms with E-state index in [0.717, 1.165) is 5.56 Å². The third-order valence-electron chi connectivity index (χ3n) is 5.35. The van der Waals surface area contributed by atoms with Gasteiger partial charge in [0.1, 0.15) is 19.3 Å². The summed E-state index contributed by atoms with van der Waals surface area (Å²) in [5.74, 6) is 0.885. The fourth-order valence-electron chi connectivity index (χ4n) is 3.62. The molecule has 0 aliphatic carbocycles. The molecule has 34 heavy (non-hydrogen) atoms. The van der Waals surface area contributed by atoms with Gasteiger partial charge >= 0.3 is 0 Å². The molecule has 0 spiro atoms. The largest absolute Gasteiger partial charge is 0.486 e. The van der Waals surface area contributed by atoms with Gasteiger partial charge in [0.2, 0.25) is 5.91 Å². The van der Waals surface area contributed by atoms with Crippen LogP contribution < -0.4 is 19.5 Å². The van der Waals surface area contributed by atoms with Gasteiger partial charge in [-0.25, -0.2) is 8.42 Å². The van der Waals surface area contributed by atoms with Crippen LogP contribution in [0.15, 0.2) is 77.7 Å². The maximum absolute atomic E-state index is 12.8. The summed E-state index contributed by atoms with van der Waals surface area (Å²) in [7, 11) is -2.04. The lowest BCUT2D eigenvalue weighted by atomic mass is 10.2. The average molecular weight is 482 g/mol. The van der Waals surface area contributed by atoms with Crippen molar-refractivity contribution in [1.29, 1.82) is 0 Å². The Morgan fingerprint density at radius 2 is 1.59 bits per heavy atom. The van der Waals surface area contributed by atoms with Crippen molar-refractivity contribution in [3.8, 4) is 11.5 Å². The van der Waals surface area contributed by atoms with Gasteiger partial charge in [-0.15, -0.1) is 0 Å². The van der Waals surface area contributed by atoms with Crippen molar-refractivity contribution in [3.05, 3.63) is 78.4 Å². The number of rotatable bonds is 8. The molecule has 3 aromatic carbocycles. The van der Waals surface area contributed by atoms with E-state index in [1.807, 2.05) is 30.3 Å². The highest BCUT2D eigenvalue weighted by molar-refractivity contribution is 7.92. The number of benzene rings is 3. The van der Waals surface area contributed by atoms with Crippen LogP contribution in [0.2, 0.25) is 0 Å². The number of sulfonamides is 1. The Labute approximate surface area is 199 Å². The Kier molecular flexibility index (Phi) is 6.93. The van der Waals surface area contributed by atoms with Crippen LogP contribution in [0.5, 0.6) is 11.5 Å². The fraction of sp³-hybridized carbons (Fsp3) is 0.240. The second-order valence-corrected chi connectivity index (χ2v) is 9.72. The summed E-state index contributed by atoms with van der Waals surface area (Å²) in [6.07, 6.45) is 0. The first-order valence-electron chi connectivity index (χ1n) is 10.9. The van der Waals surface area contributed by atoms with E-state index in [1.165, 1.54) is 12.1 Å². The summed E-state index contributed by atoms with van der Waals surface area (Å²) in [4.78, 5) is 14.5. The number of likely N-dealkylation sites (N-methyl/N-ethyl adjacent to an activating group) is 1.